The van der Waals surface area contributed by atoms with Gasteiger partial charge >= 0.3 is 0 Å². The molecule has 1 aliphatic heterocycles. The number of aryl methyl sites for hydroxylation is 1. The predicted octanol–water partition coefficient (Wildman–Crippen LogP) is 1.68. The van der Waals surface area contributed by atoms with Crippen molar-refractivity contribution in [2.24, 2.45) is 0 Å². The molecule has 0 fully saturated rings. The summed E-state index contributed by atoms with van der Waals surface area (Å²) in [7, 11) is 0. The summed E-state index contributed by atoms with van der Waals surface area (Å²) in [5.41, 5.74) is -0.238. The molecule has 104 valence electrons. The highest BCUT2D eigenvalue weighted by Gasteiger charge is 2.45. The molecule has 0 saturated heterocycles. The molecule has 1 unspecified atom stereocenters. The van der Waals surface area contributed by atoms with Crippen LogP contribution in [0.4, 0.5) is 5.69 Å². The number of nitrogens with zero attached hydrogens (tertiary/aromatic N) is 2. The van der Waals surface area contributed by atoms with E-state index in [4.69, 9.17) is 0 Å². The highest BCUT2D eigenvalue weighted by Crippen LogP contribution is 2.37. The van der Waals surface area contributed by atoms with E-state index in [1.165, 1.54) is 0 Å². The summed E-state index contributed by atoms with van der Waals surface area (Å²) < 4.78 is 1.98. The number of aromatic nitrogens is 2. The monoisotopic (exact) mass is 271 g/mol. The highest BCUT2D eigenvalue weighted by molar-refractivity contribution is 6.04. The van der Waals surface area contributed by atoms with Gasteiger partial charge < -0.3 is 15.0 Å². The number of amides is 1. The topological polar surface area (TPSA) is 67.1 Å². The summed E-state index contributed by atoms with van der Waals surface area (Å²) in [6.07, 6.45) is 4.74. The van der Waals surface area contributed by atoms with Gasteiger partial charge in [-0.15, -0.1) is 0 Å². The fraction of sp³-hybridized carbons (Fsp3) is 0.333. The minimum absolute atomic E-state index is 0.183. The maximum atomic E-state index is 12.2. The molecule has 2 heterocycles. The van der Waals surface area contributed by atoms with Crippen LogP contribution in [0.25, 0.3) is 0 Å². The van der Waals surface area contributed by atoms with Crippen molar-refractivity contribution in [3.05, 3.63) is 48.0 Å². The van der Waals surface area contributed by atoms with Gasteiger partial charge in [0.05, 0.1) is 0 Å². The number of carbonyl (C=O) groups is 1. The number of imidazole rings is 1. The van der Waals surface area contributed by atoms with Crippen LogP contribution in [0.1, 0.15) is 24.7 Å². The van der Waals surface area contributed by atoms with E-state index in [1.807, 2.05) is 22.9 Å². The van der Waals surface area contributed by atoms with Crippen molar-refractivity contribution >= 4 is 11.6 Å². The van der Waals surface area contributed by atoms with Gasteiger partial charge in [0, 0.05) is 36.6 Å². The molecule has 0 spiro atoms. The number of fused-ring (bicyclic) bond motifs is 1. The second-order valence-electron chi connectivity index (χ2n) is 5.07. The summed E-state index contributed by atoms with van der Waals surface area (Å²) in [5, 5.41) is 13.5. The highest BCUT2D eigenvalue weighted by atomic mass is 16.3. The first-order valence-electron chi connectivity index (χ1n) is 6.78. The van der Waals surface area contributed by atoms with Crippen molar-refractivity contribution in [1.29, 1.82) is 0 Å². The summed E-state index contributed by atoms with van der Waals surface area (Å²) in [4.78, 5) is 16.4. The Kier molecular flexibility index (Phi) is 3.06. The molecular weight excluding hydrogens is 254 g/mol. The van der Waals surface area contributed by atoms with Crippen molar-refractivity contribution in [3.63, 3.8) is 0 Å². The maximum absolute atomic E-state index is 12.2. The van der Waals surface area contributed by atoms with Crippen LogP contribution in [0, 0.1) is 0 Å². The van der Waals surface area contributed by atoms with Crippen LogP contribution >= 0.6 is 0 Å². The first kappa shape index (κ1) is 12.9. The van der Waals surface area contributed by atoms with Crippen LogP contribution in [-0.4, -0.2) is 20.6 Å². The molecule has 5 nitrogen and oxygen atoms in total. The van der Waals surface area contributed by atoms with E-state index in [2.05, 4.69) is 17.2 Å². The molecule has 1 aromatic carbocycles. The summed E-state index contributed by atoms with van der Waals surface area (Å²) >= 11 is 0. The van der Waals surface area contributed by atoms with Crippen LogP contribution < -0.4 is 5.32 Å². The van der Waals surface area contributed by atoms with Crippen molar-refractivity contribution in [1.82, 2.24) is 9.55 Å². The lowest BCUT2D eigenvalue weighted by Gasteiger charge is -2.21. The number of para-hydroxylation sites is 1. The average Bonchev–Trinajstić information content (AvgIpc) is 2.96. The molecule has 1 amide bonds. The number of benzene rings is 1. The third-order valence-electron chi connectivity index (χ3n) is 3.68. The lowest BCUT2D eigenvalue weighted by molar-refractivity contribution is -0.133. The average molecular weight is 271 g/mol. The van der Waals surface area contributed by atoms with Crippen molar-refractivity contribution in [2.75, 3.05) is 5.32 Å². The quantitative estimate of drug-likeness (QED) is 0.889. The van der Waals surface area contributed by atoms with Gasteiger partial charge in [-0.25, -0.2) is 4.98 Å². The molecule has 1 aliphatic rings. The van der Waals surface area contributed by atoms with Crippen LogP contribution in [0.3, 0.4) is 0 Å². The van der Waals surface area contributed by atoms with E-state index in [1.54, 1.807) is 18.3 Å². The Labute approximate surface area is 117 Å². The van der Waals surface area contributed by atoms with Crippen LogP contribution in [0.5, 0.6) is 0 Å². The predicted molar refractivity (Wildman–Crippen MR) is 75.2 cm³/mol. The Morgan fingerprint density at radius 2 is 2.20 bits per heavy atom. The second-order valence-corrected chi connectivity index (χ2v) is 5.07. The third kappa shape index (κ3) is 1.91. The molecule has 2 aromatic rings. The summed E-state index contributed by atoms with van der Waals surface area (Å²) in [6, 6.07) is 7.23. The normalized spacial score (nSPS) is 20.8. The first-order chi connectivity index (χ1) is 9.65. The molecule has 2 N–H and O–H groups in total. The van der Waals surface area contributed by atoms with E-state index in [0.29, 0.717) is 11.3 Å². The second kappa shape index (κ2) is 4.76. The largest absolute Gasteiger partial charge is 0.375 e. The molecule has 0 bridgehead atoms. The van der Waals surface area contributed by atoms with E-state index < -0.39 is 5.60 Å². The van der Waals surface area contributed by atoms with Crippen molar-refractivity contribution in [2.45, 2.75) is 31.9 Å². The van der Waals surface area contributed by atoms with Crippen LogP contribution in [-0.2, 0) is 23.4 Å². The molecule has 0 saturated carbocycles. The van der Waals surface area contributed by atoms with Crippen LogP contribution in [0.15, 0.2) is 36.7 Å². The first-order valence-corrected chi connectivity index (χ1v) is 6.78. The lowest BCUT2D eigenvalue weighted by Crippen LogP contribution is -2.37. The van der Waals surface area contributed by atoms with Gasteiger partial charge in [0.2, 0.25) is 0 Å². The number of hydrogen-bond acceptors (Lipinski definition) is 3. The van der Waals surface area contributed by atoms with Gasteiger partial charge in [-0.05, 0) is 12.5 Å². The molecule has 20 heavy (non-hydrogen) atoms. The number of carbonyl (C=O) groups excluding carboxylic acids is 1. The van der Waals surface area contributed by atoms with Gasteiger partial charge in [-0.1, -0.05) is 25.1 Å². The SMILES string of the molecule is CCCn1ccnc1CC1(O)C(=O)Nc2ccccc21. The Balaban J connectivity index is 1.97. The molecule has 0 radical (unpaired) electrons. The zero-order chi connectivity index (χ0) is 14.2. The maximum Gasteiger partial charge on any atom is 0.261 e. The van der Waals surface area contributed by atoms with Gasteiger partial charge in [-0.2, -0.15) is 0 Å². The minimum atomic E-state index is -1.53. The zero-order valence-electron chi connectivity index (χ0n) is 11.3. The molecule has 3 rings (SSSR count). The van der Waals surface area contributed by atoms with Crippen molar-refractivity contribution < 1.29 is 9.90 Å². The van der Waals surface area contributed by atoms with Crippen LogP contribution in [0.2, 0.25) is 0 Å². The number of nitrogens with one attached hydrogen (secondary N) is 1. The van der Waals surface area contributed by atoms with E-state index in [-0.39, 0.29) is 12.3 Å². The third-order valence-corrected chi connectivity index (χ3v) is 3.68. The Morgan fingerprint density at radius 1 is 1.40 bits per heavy atom. The summed E-state index contributed by atoms with van der Waals surface area (Å²) in [5.74, 6) is 0.339. The molecule has 5 heteroatoms. The van der Waals surface area contributed by atoms with Crippen molar-refractivity contribution in [3.8, 4) is 0 Å². The Hall–Kier alpha value is -2.14. The van der Waals surface area contributed by atoms with Gasteiger partial charge in [0.15, 0.2) is 5.60 Å². The minimum Gasteiger partial charge on any atom is -0.375 e. The fourth-order valence-electron chi connectivity index (χ4n) is 2.66. The summed E-state index contributed by atoms with van der Waals surface area (Å²) in [6.45, 7) is 2.91. The van der Waals surface area contributed by atoms with Gasteiger partial charge in [-0.3, -0.25) is 4.79 Å². The zero-order valence-corrected chi connectivity index (χ0v) is 11.3. The smallest absolute Gasteiger partial charge is 0.261 e. The molecule has 1 atom stereocenters. The number of rotatable bonds is 4. The molecular formula is C15H17N3O2. The molecule has 1 aromatic heterocycles. The Bertz CT molecular complexity index is 650. The fourth-order valence-corrected chi connectivity index (χ4v) is 2.66. The number of aliphatic hydroxyl groups is 1. The lowest BCUT2D eigenvalue weighted by atomic mass is 9.91. The number of hydrogen-bond donors (Lipinski definition) is 2. The van der Waals surface area contributed by atoms with E-state index in [0.717, 1.165) is 18.8 Å². The standard InChI is InChI=1S/C15H17N3O2/c1-2-8-18-9-7-16-13(18)10-15(20)11-5-3-4-6-12(11)17-14(15)19/h3-7,9,20H,2,8,10H2,1H3,(H,17,19). The number of anilines is 1. The molecule has 0 aliphatic carbocycles. The van der Waals surface area contributed by atoms with Gasteiger partial charge in [0.1, 0.15) is 5.82 Å². The van der Waals surface area contributed by atoms with E-state index in [9.17, 15) is 9.90 Å². The van der Waals surface area contributed by atoms with E-state index >= 15 is 0 Å². The van der Waals surface area contributed by atoms with Gasteiger partial charge in [0.25, 0.3) is 5.91 Å². The Morgan fingerprint density at radius 3 is 3.00 bits per heavy atom.